The molecular weight excluding hydrogens is 316 g/mol. The lowest BCUT2D eigenvalue weighted by Crippen LogP contribution is -2.35. The summed E-state index contributed by atoms with van der Waals surface area (Å²) in [4.78, 5) is 14.8. The Morgan fingerprint density at radius 1 is 1.28 bits per heavy atom. The summed E-state index contributed by atoms with van der Waals surface area (Å²) in [5.74, 6) is 2.03. The Bertz CT molecular complexity index is 701. The molecule has 3 fully saturated rings. The highest BCUT2D eigenvalue weighted by Gasteiger charge is 2.51. The maximum Gasteiger partial charge on any atom is 0.321 e. The van der Waals surface area contributed by atoms with Crippen molar-refractivity contribution in [1.82, 2.24) is 14.7 Å². The van der Waals surface area contributed by atoms with Crippen molar-refractivity contribution in [2.75, 3.05) is 18.4 Å². The van der Waals surface area contributed by atoms with Crippen LogP contribution in [0, 0.1) is 17.8 Å². The predicted octanol–water partition coefficient (Wildman–Crippen LogP) is 2.83. The number of aromatic nitrogens is 2. The number of carbonyl (C=O) groups is 1. The number of amides is 2. The molecule has 3 aliphatic heterocycles. The molecule has 0 spiro atoms. The molecule has 1 aromatic rings. The molecule has 5 rings (SSSR count). The third-order valence-electron chi connectivity index (χ3n) is 5.97. The maximum atomic E-state index is 12.8. The number of rotatable bonds is 4. The van der Waals surface area contributed by atoms with Crippen LogP contribution in [0.4, 0.5) is 10.5 Å². The molecule has 0 radical (unpaired) electrons. The molecular formula is C19H26N4O2. The van der Waals surface area contributed by atoms with Crippen LogP contribution in [0.25, 0.3) is 0 Å². The third-order valence-corrected chi connectivity index (χ3v) is 5.97. The van der Waals surface area contributed by atoms with Crippen LogP contribution >= 0.6 is 0 Å². The zero-order chi connectivity index (χ0) is 17.1. The molecule has 2 saturated heterocycles. The van der Waals surface area contributed by atoms with Crippen LogP contribution < -0.4 is 5.32 Å². The monoisotopic (exact) mass is 342 g/mol. The fourth-order valence-corrected chi connectivity index (χ4v) is 4.66. The molecule has 1 aliphatic carbocycles. The van der Waals surface area contributed by atoms with E-state index in [1.54, 1.807) is 0 Å². The smallest absolute Gasteiger partial charge is 0.321 e. The highest BCUT2D eigenvalue weighted by Crippen LogP contribution is 2.45. The molecule has 2 bridgehead atoms. The van der Waals surface area contributed by atoms with Gasteiger partial charge in [-0.1, -0.05) is 26.0 Å². The molecule has 1 aromatic heterocycles. The van der Waals surface area contributed by atoms with Gasteiger partial charge in [0.2, 0.25) is 0 Å². The standard InChI is InChI=1S/C19H26N4O2/c1-11(2)8-23-18(12-3-4-12)15(7-20-23)21-19(24)22-9-13-14(10-22)17-6-5-16(13)25-17/h5-7,11-14,16-17H,3-4,8-10H2,1-2H3,(H,21,24). The van der Waals surface area contributed by atoms with Gasteiger partial charge in [0.15, 0.2) is 0 Å². The highest BCUT2D eigenvalue weighted by atomic mass is 16.5. The van der Waals surface area contributed by atoms with Crippen molar-refractivity contribution < 1.29 is 9.53 Å². The minimum Gasteiger partial charge on any atom is -0.366 e. The van der Waals surface area contributed by atoms with Gasteiger partial charge >= 0.3 is 6.03 Å². The lowest BCUT2D eigenvalue weighted by molar-refractivity contribution is 0.0892. The topological polar surface area (TPSA) is 59.4 Å². The molecule has 1 saturated carbocycles. The van der Waals surface area contributed by atoms with Gasteiger partial charge in [0.25, 0.3) is 0 Å². The van der Waals surface area contributed by atoms with Crippen molar-refractivity contribution in [2.45, 2.75) is 51.4 Å². The summed E-state index contributed by atoms with van der Waals surface area (Å²) in [6, 6.07) is 0.0137. The van der Waals surface area contributed by atoms with Crippen LogP contribution in [-0.2, 0) is 11.3 Å². The summed E-state index contributed by atoms with van der Waals surface area (Å²) in [5, 5.41) is 7.69. The number of carbonyl (C=O) groups excluding carboxylic acids is 1. The van der Waals surface area contributed by atoms with Gasteiger partial charge in [-0.25, -0.2) is 4.79 Å². The molecule has 1 N–H and O–H groups in total. The molecule has 25 heavy (non-hydrogen) atoms. The largest absolute Gasteiger partial charge is 0.366 e. The van der Waals surface area contributed by atoms with Crippen molar-refractivity contribution >= 4 is 11.7 Å². The molecule has 2 amide bonds. The molecule has 6 nitrogen and oxygen atoms in total. The lowest BCUT2D eigenvalue weighted by Gasteiger charge is -2.20. The lowest BCUT2D eigenvalue weighted by atomic mass is 9.86. The molecule has 134 valence electrons. The summed E-state index contributed by atoms with van der Waals surface area (Å²) in [6.07, 6.45) is 8.98. The Labute approximate surface area is 148 Å². The molecule has 4 atom stereocenters. The first-order valence-corrected chi connectivity index (χ1v) is 9.55. The van der Waals surface area contributed by atoms with Crippen LogP contribution in [0.5, 0.6) is 0 Å². The zero-order valence-electron chi connectivity index (χ0n) is 14.9. The summed E-state index contributed by atoms with van der Waals surface area (Å²) < 4.78 is 7.99. The van der Waals surface area contributed by atoms with E-state index in [9.17, 15) is 4.79 Å². The molecule has 0 aromatic carbocycles. The Kier molecular flexibility index (Phi) is 3.45. The van der Waals surface area contributed by atoms with Crippen molar-refractivity contribution in [3.63, 3.8) is 0 Å². The Balaban J connectivity index is 1.30. The quantitative estimate of drug-likeness (QED) is 0.856. The minimum atomic E-state index is 0.0137. The molecule has 4 aliphatic rings. The van der Waals surface area contributed by atoms with Gasteiger partial charge in [0.1, 0.15) is 0 Å². The van der Waals surface area contributed by atoms with E-state index in [2.05, 4.69) is 41.1 Å². The predicted molar refractivity (Wildman–Crippen MR) is 94.4 cm³/mol. The third kappa shape index (κ3) is 2.58. The van der Waals surface area contributed by atoms with Gasteiger partial charge < -0.3 is 15.0 Å². The van der Waals surface area contributed by atoms with Gasteiger partial charge in [0.05, 0.1) is 29.8 Å². The van der Waals surface area contributed by atoms with Gasteiger partial charge in [-0.05, 0) is 18.8 Å². The normalized spacial score (nSPS) is 32.7. The number of hydrogen-bond donors (Lipinski definition) is 1. The van der Waals surface area contributed by atoms with Crippen molar-refractivity contribution in [2.24, 2.45) is 17.8 Å². The number of hydrogen-bond acceptors (Lipinski definition) is 3. The van der Waals surface area contributed by atoms with Crippen LogP contribution in [0.1, 0.15) is 38.3 Å². The van der Waals surface area contributed by atoms with Crippen molar-refractivity contribution in [1.29, 1.82) is 0 Å². The van der Waals surface area contributed by atoms with Crippen LogP contribution in [0.3, 0.4) is 0 Å². The summed E-state index contributed by atoms with van der Waals surface area (Å²) >= 11 is 0. The van der Waals surface area contributed by atoms with E-state index in [4.69, 9.17) is 4.74 Å². The number of fused-ring (bicyclic) bond motifs is 5. The summed E-state index contributed by atoms with van der Waals surface area (Å²) in [7, 11) is 0. The van der Waals surface area contributed by atoms with E-state index >= 15 is 0 Å². The maximum absolute atomic E-state index is 12.8. The first-order valence-electron chi connectivity index (χ1n) is 9.55. The van der Waals surface area contributed by atoms with Crippen molar-refractivity contribution in [3.8, 4) is 0 Å². The minimum absolute atomic E-state index is 0.0137. The number of urea groups is 1. The van der Waals surface area contributed by atoms with Gasteiger partial charge in [-0.15, -0.1) is 0 Å². The number of likely N-dealkylation sites (tertiary alicyclic amines) is 1. The zero-order valence-corrected chi connectivity index (χ0v) is 14.9. The second kappa shape index (κ2) is 5.59. The van der Waals surface area contributed by atoms with Gasteiger partial charge in [0, 0.05) is 37.4 Å². The summed E-state index contributed by atoms with van der Waals surface area (Å²) in [6.45, 7) is 6.89. The van der Waals surface area contributed by atoms with E-state index < -0.39 is 0 Å². The Morgan fingerprint density at radius 3 is 2.56 bits per heavy atom. The van der Waals surface area contributed by atoms with Gasteiger partial charge in [-0.3, -0.25) is 4.68 Å². The Hall–Kier alpha value is -1.82. The fraction of sp³-hybridized carbons (Fsp3) is 0.684. The number of ether oxygens (including phenoxy) is 1. The second-order valence-corrected chi connectivity index (χ2v) is 8.41. The van der Waals surface area contributed by atoms with E-state index in [0.717, 1.165) is 25.3 Å². The summed E-state index contributed by atoms with van der Waals surface area (Å²) in [5.41, 5.74) is 2.12. The number of anilines is 1. The highest BCUT2D eigenvalue weighted by molar-refractivity contribution is 5.90. The first kappa shape index (κ1) is 15.4. The fourth-order valence-electron chi connectivity index (χ4n) is 4.66. The SMILES string of the molecule is CC(C)Cn1ncc(NC(=O)N2CC3C4C=CC(O4)C3C2)c1C1CC1. The van der Waals surface area contributed by atoms with Crippen LogP contribution in [0.2, 0.25) is 0 Å². The average molecular weight is 342 g/mol. The average Bonchev–Trinajstić information content (AvgIpc) is 2.95. The van der Waals surface area contributed by atoms with Gasteiger partial charge in [-0.2, -0.15) is 5.10 Å². The van der Waals surface area contributed by atoms with E-state index in [1.165, 1.54) is 18.5 Å². The van der Waals surface area contributed by atoms with E-state index in [-0.39, 0.29) is 18.2 Å². The number of nitrogens with one attached hydrogen (secondary N) is 1. The molecule has 4 unspecified atom stereocenters. The second-order valence-electron chi connectivity index (χ2n) is 8.41. The molecule has 4 heterocycles. The Morgan fingerprint density at radius 2 is 1.96 bits per heavy atom. The first-order chi connectivity index (χ1) is 12.1. The van der Waals surface area contributed by atoms with Crippen LogP contribution in [0.15, 0.2) is 18.3 Å². The van der Waals surface area contributed by atoms with Crippen LogP contribution in [-0.4, -0.2) is 46.0 Å². The van der Waals surface area contributed by atoms with E-state index in [1.807, 2.05) is 11.1 Å². The number of nitrogens with zero attached hydrogens (tertiary/aromatic N) is 3. The molecule has 6 heteroatoms. The van der Waals surface area contributed by atoms with Crippen molar-refractivity contribution in [3.05, 3.63) is 24.0 Å². The van der Waals surface area contributed by atoms with E-state index in [0.29, 0.717) is 23.7 Å².